The topological polar surface area (TPSA) is 26.3 Å². The molecule has 3 rings (SSSR count). The van der Waals surface area contributed by atoms with Crippen molar-refractivity contribution < 1.29 is 60.2 Å². The van der Waals surface area contributed by atoms with Gasteiger partial charge in [-0.2, -0.15) is 0 Å². The molecule has 2 aliphatic rings. The number of hydrogen-bond donors (Lipinski definition) is 0. The minimum Gasteiger partial charge on any atom is -0.731 e. The van der Waals surface area contributed by atoms with Crippen molar-refractivity contribution in [2.45, 2.75) is 70.6 Å². The van der Waals surface area contributed by atoms with E-state index in [2.05, 4.69) is 45.2 Å². The van der Waals surface area contributed by atoms with Crippen LogP contribution in [0.1, 0.15) is 72.6 Å². The Balaban J connectivity index is -0.00000117. The smallest absolute Gasteiger partial charge is 0 e. The molecule has 0 saturated heterocycles. The molecule has 2 fully saturated rings. The van der Waals surface area contributed by atoms with E-state index >= 15 is 0 Å². The van der Waals surface area contributed by atoms with Crippen molar-refractivity contribution in [2.24, 2.45) is 17.8 Å². The molecule has 1 aromatic carbocycles. The fourth-order valence-electron chi connectivity index (χ4n) is 4.70. The van der Waals surface area contributed by atoms with Crippen molar-refractivity contribution in [3.63, 3.8) is 0 Å². The van der Waals surface area contributed by atoms with Crippen molar-refractivity contribution >= 4 is 9.24 Å². The summed E-state index contributed by atoms with van der Waals surface area (Å²) in [5.41, 5.74) is 2.93. The van der Waals surface area contributed by atoms with E-state index in [-0.39, 0.29) is 27.2 Å². The van der Waals surface area contributed by atoms with Gasteiger partial charge in [-0.25, -0.2) is 0 Å². The Hall–Kier alpha value is -0.751. The standard InChI is InChI=1S/C24H31F3O.C2HP.O.2V.2H2.H/c1-2-3-18-4-6-19(7-5-18)8-9-20-10-12-21(13-11-20)22-14-16-23(17-15-22)28-24(25,26)27;1-2-3;;;;;;/h2-3,8-9,14-21H,4-7,10-13H2,1H3;3H;;;;2*1H;/q;-2;;;;;;/b3-2+,9-8+;;;;;;;/i;;;;;;;1+2. The van der Waals surface area contributed by atoms with Crippen molar-refractivity contribution in [1.82, 2.24) is 0 Å². The molecule has 0 unspecified atom stereocenters. The summed E-state index contributed by atoms with van der Waals surface area (Å²) in [7, 11) is 2.60. The molecule has 2 nitrogen and oxygen atoms in total. The van der Waals surface area contributed by atoms with Gasteiger partial charge in [0.15, 0.2) is 0 Å². The second-order valence-corrected chi connectivity index (χ2v) is 8.69. The summed E-state index contributed by atoms with van der Waals surface area (Å²) < 4.78 is 55.2. The predicted molar refractivity (Wildman–Crippen MR) is 129 cm³/mol. The van der Waals surface area contributed by atoms with Gasteiger partial charge in [-0.3, -0.25) is 0 Å². The quantitative estimate of drug-likeness (QED) is 0.153. The monoisotopic (exact) mass is 573 g/mol. The summed E-state index contributed by atoms with van der Waals surface area (Å²) in [6, 6.07) is 6.42. The Morgan fingerprint density at radius 1 is 1.03 bits per heavy atom. The average Bonchev–Trinajstić information content (AvgIpc) is 2.80. The third-order valence-electron chi connectivity index (χ3n) is 6.29. The van der Waals surface area contributed by atoms with Crippen LogP contribution in [0.4, 0.5) is 13.2 Å². The van der Waals surface area contributed by atoms with Crippen LogP contribution < -0.4 is 4.74 Å². The van der Waals surface area contributed by atoms with Crippen LogP contribution in [0.25, 0.3) is 0 Å². The molecule has 191 valence electrons. The number of alkyl halides is 3. The number of ether oxygens (including phenoxy) is 1. The molecule has 0 heterocycles. The van der Waals surface area contributed by atoms with E-state index in [1.165, 1.54) is 37.8 Å². The average molecular weight is 573 g/mol. The van der Waals surface area contributed by atoms with Gasteiger partial charge in [0.2, 0.25) is 0 Å². The van der Waals surface area contributed by atoms with E-state index in [0.29, 0.717) is 11.8 Å². The van der Waals surface area contributed by atoms with E-state index in [9.17, 15) is 13.2 Å². The van der Waals surface area contributed by atoms with Crippen LogP contribution in [0.3, 0.4) is 0 Å². The summed E-state index contributed by atoms with van der Waals surface area (Å²) in [5, 5.41) is 0. The maximum atomic E-state index is 12.3. The van der Waals surface area contributed by atoms with E-state index < -0.39 is 23.6 Å². The molecule has 1 radical (unpaired) electrons. The first-order chi connectivity index (χ1) is 16.3. The van der Waals surface area contributed by atoms with E-state index in [1.54, 1.807) is 17.8 Å². The molecule has 0 bridgehead atoms. The maximum absolute atomic E-state index is 12.3. The van der Waals surface area contributed by atoms with Crippen LogP contribution in [0.2, 0.25) is 0 Å². The van der Waals surface area contributed by atoms with Gasteiger partial charge in [0.1, 0.15) is 5.75 Å². The number of rotatable bonds is 5. The first-order valence-corrected chi connectivity index (χ1v) is 12.3. The van der Waals surface area contributed by atoms with E-state index in [1.807, 2.05) is 0 Å². The zero-order chi connectivity index (χ0) is 25.4. The van der Waals surface area contributed by atoms with Crippen molar-refractivity contribution in [3.05, 3.63) is 60.6 Å². The third kappa shape index (κ3) is 13.4. The number of benzene rings is 1. The Morgan fingerprint density at radius 2 is 1.41 bits per heavy atom. The van der Waals surface area contributed by atoms with Crippen LogP contribution in [0.5, 0.6) is 5.75 Å². The van der Waals surface area contributed by atoms with Crippen LogP contribution in [-0.2, 0) is 39.5 Å². The third-order valence-corrected chi connectivity index (χ3v) is 6.29. The second kappa shape index (κ2) is 18.5. The Morgan fingerprint density at radius 3 is 1.79 bits per heavy atom. The number of hydrogen-bond acceptors (Lipinski definition) is 2. The van der Waals surface area contributed by atoms with Gasteiger partial charge in [-0.1, -0.05) is 36.4 Å². The Bertz CT molecular complexity index is 803. The summed E-state index contributed by atoms with van der Waals surface area (Å²) >= 11 is -1.31. The zero-order valence-electron chi connectivity index (χ0n) is 20.4. The molecule has 8 heteroatoms. The van der Waals surface area contributed by atoms with Crippen LogP contribution in [-0.4, -0.2) is 7.24 Å². The number of allylic oxidation sites excluding steroid dienone is 4. The SMILES string of the molecule is C/C=C/C1CCC(/C=C/C2CCC(c3ccc(OC(F)(F)F)cc3)CC2)CC1.[3H][V]=[O].[C-]#C[PH-].[HH].[HH].[V]. The molecule has 0 amide bonds. The minimum atomic E-state index is -4.63. The van der Waals surface area contributed by atoms with Crippen molar-refractivity contribution in [3.8, 4) is 11.4 Å². The Labute approximate surface area is 230 Å². The van der Waals surface area contributed by atoms with Gasteiger partial charge in [0.05, 0.1) is 0 Å². The summed E-state index contributed by atoms with van der Waals surface area (Å²) in [6.45, 7) is 2.10. The molecule has 0 spiro atoms. The summed E-state index contributed by atoms with van der Waals surface area (Å²) in [6.07, 6.45) is 20.4. The molecule has 1 aromatic rings. The van der Waals surface area contributed by atoms with Gasteiger partial charge >= 0.3 is 28.1 Å². The van der Waals surface area contributed by atoms with Gasteiger partial charge in [0, 0.05) is 21.4 Å². The molecular formula is C26H37F3O2PV2-2. The molecule has 34 heavy (non-hydrogen) atoms. The predicted octanol–water partition coefficient (Wildman–Crippen LogP) is 8.57. The summed E-state index contributed by atoms with van der Waals surface area (Å²) in [5.74, 6) is 2.47. The maximum Gasteiger partial charge on any atom is 0 e. The van der Waals surface area contributed by atoms with E-state index in [4.69, 9.17) is 11.0 Å². The molecule has 0 aliphatic heterocycles. The molecule has 2 aliphatic carbocycles. The minimum absolute atomic E-state index is 0. The van der Waals surface area contributed by atoms with Crippen molar-refractivity contribution in [2.75, 3.05) is 0 Å². The molecule has 2 saturated carbocycles. The van der Waals surface area contributed by atoms with E-state index in [0.717, 1.165) is 43.1 Å². The van der Waals surface area contributed by atoms with Crippen LogP contribution in [0.15, 0.2) is 48.6 Å². The molecule has 0 aromatic heterocycles. The molecular weight excluding hydrogens is 534 g/mol. The van der Waals surface area contributed by atoms with Gasteiger partial charge in [0.25, 0.3) is 0 Å². The number of halogens is 3. The summed E-state index contributed by atoms with van der Waals surface area (Å²) in [4.78, 5) is 0. The van der Waals surface area contributed by atoms with Crippen LogP contribution in [0, 0.1) is 29.8 Å². The molecule has 0 atom stereocenters. The fourth-order valence-corrected chi connectivity index (χ4v) is 4.70. The molecule has 0 N–H and O–H groups in total. The van der Waals surface area contributed by atoms with Crippen LogP contribution >= 0.6 is 9.24 Å². The van der Waals surface area contributed by atoms with Crippen molar-refractivity contribution in [1.29, 1.82) is 0.879 Å². The second-order valence-electron chi connectivity index (χ2n) is 8.44. The van der Waals surface area contributed by atoms with Gasteiger partial charge < -0.3 is 26.1 Å². The Kier molecular flexibility index (Phi) is 17.0. The normalized spacial score (nSPS) is 24.9. The first-order valence-electron chi connectivity index (χ1n) is 11.7. The fraction of sp³-hybridized carbons (Fsp3) is 0.538. The first kappa shape index (κ1) is 31.3. The largest absolute Gasteiger partial charge is 0.731 e. The zero-order valence-corrected chi connectivity index (χ0v) is 23.2. The van der Waals surface area contributed by atoms with Gasteiger partial charge in [-0.15, -0.1) is 13.2 Å². The van der Waals surface area contributed by atoms with Gasteiger partial charge in [-0.05, 0) is 99.7 Å².